The first-order valence-electron chi connectivity index (χ1n) is 21.0. The summed E-state index contributed by atoms with van der Waals surface area (Å²) >= 11 is 0. The van der Waals surface area contributed by atoms with Gasteiger partial charge in [0.05, 0.1) is 5.41 Å². The van der Waals surface area contributed by atoms with Gasteiger partial charge in [0, 0.05) is 35.4 Å². The Hall–Kier alpha value is -7.55. The Labute approximate surface area is 351 Å². The van der Waals surface area contributed by atoms with E-state index in [1.807, 2.05) is 6.20 Å². The van der Waals surface area contributed by atoms with Crippen molar-refractivity contribution >= 4 is 34.0 Å². The van der Waals surface area contributed by atoms with Gasteiger partial charge in [0.1, 0.15) is 0 Å². The van der Waals surface area contributed by atoms with Crippen LogP contribution in [-0.2, 0) is 5.41 Å². The quantitative estimate of drug-likeness (QED) is 0.165. The van der Waals surface area contributed by atoms with Gasteiger partial charge in [0.15, 0.2) is 0 Å². The van der Waals surface area contributed by atoms with Crippen molar-refractivity contribution in [3.05, 3.63) is 246 Å². The molecule has 9 aromatic rings. The van der Waals surface area contributed by atoms with Gasteiger partial charge in [0.25, 0.3) is 0 Å². The van der Waals surface area contributed by atoms with E-state index in [9.17, 15) is 0 Å². The summed E-state index contributed by atoms with van der Waals surface area (Å²) in [5.74, 6) is 0.213. The predicted molar refractivity (Wildman–Crippen MR) is 251 cm³/mol. The van der Waals surface area contributed by atoms with Crippen LogP contribution in [0.2, 0.25) is 0 Å². The molecule has 0 fully saturated rings. The molecule has 0 bridgehead atoms. The average Bonchev–Trinajstić information content (AvgIpc) is 3.80. The molecule has 1 aliphatic heterocycles. The van der Waals surface area contributed by atoms with Gasteiger partial charge in [-0.25, -0.2) is 0 Å². The fraction of sp³-hybridized carbons (Fsp3) is 0.0517. The third-order valence-electron chi connectivity index (χ3n) is 13.1. The van der Waals surface area contributed by atoms with Crippen LogP contribution < -0.4 is 4.90 Å². The van der Waals surface area contributed by atoms with Gasteiger partial charge in [-0.05, 0) is 126 Å². The number of aliphatic imine (C=N–C) groups is 1. The van der Waals surface area contributed by atoms with Crippen LogP contribution in [0.15, 0.2) is 224 Å². The molecule has 0 aromatic heterocycles. The lowest BCUT2D eigenvalue weighted by molar-refractivity contribution is 0.792. The van der Waals surface area contributed by atoms with Gasteiger partial charge < -0.3 is 4.90 Å². The van der Waals surface area contributed by atoms with Crippen LogP contribution in [0.4, 0.5) is 17.1 Å². The number of fused-ring (bicyclic) bond motifs is 12. The van der Waals surface area contributed by atoms with E-state index in [1.165, 1.54) is 83.1 Å². The predicted octanol–water partition coefficient (Wildman–Crippen LogP) is 15.1. The number of hydrogen-bond donors (Lipinski definition) is 0. The highest BCUT2D eigenvalue weighted by atomic mass is 15.1. The first-order chi connectivity index (χ1) is 29.8. The van der Waals surface area contributed by atoms with Gasteiger partial charge in [-0.3, -0.25) is 4.99 Å². The lowest BCUT2D eigenvalue weighted by Crippen LogP contribution is -2.26. The second kappa shape index (κ2) is 13.8. The molecule has 2 nitrogen and oxygen atoms in total. The maximum Gasteiger partial charge on any atom is 0.0726 e. The minimum atomic E-state index is -0.520. The van der Waals surface area contributed by atoms with Gasteiger partial charge in [-0.15, -0.1) is 0 Å². The topological polar surface area (TPSA) is 15.6 Å². The number of benzene rings is 9. The SMILES string of the molecule is C1=CN=CC(c2cccc3c2-c2ccccc2C32c3cc(N(c4ccc(-c5ccccc5)cc4)c4ccc(-c5ccccc5)cc4)ccc3-c3c2ccc2ccccc32)C1. The second-order valence-corrected chi connectivity index (χ2v) is 16.2. The van der Waals surface area contributed by atoms with E-state index in [0.717, 1.165) is 23.5 Å². The number of hydrogen-bond acceptors (Lipinski definition) is 2. The monoisotopic (exact) mass is 764 g/mol. The van der Waals surface area contributed by atoms with Gasteiger partial charge in [-0.2, -0.15) is 0 Å². The summed E-state index contributed by atoms with van der Waals surface area (Å²) < 4.78 is 0. The van der Waals surface area contributed by atoms with E-state index in [0.29, 0.717) is 0 Å². The summed E-state index contributed by atoms with van der Waals surface area (Å²) in [6.07, 6.45) is 7.21. The van der Waals surface area contributed by atoms with E-state index >= 15 is 0 Å². The highest BCUT2D eigenvalue weighted by molar-refractivity contribution is 6.07. The molecule has 2 unspecified atom stereocenters. The summed E-state index contributed by atoms with van der Waals surface area (Å²) in [4.78, 5) is 7.07. The largest absolute Gasteiger partial charge is 0.310 e. The summed E-state index contributed by atoms with van der Waals surface area (Å²) in [6, 6.07) is 76.4. The van der Waals surface area contributed by atoms with Crippen molar-refractivity contribution in [2.45, 2.75) is 17.8 Å². The highest BCUT2D eigenvalue weighted by Crippen LogP contribution is 2.65. The zero-order chi connectivity index (χ0) is 39.6. The molecule has 0 amide bonds. The Bertz CT molecular complexity index is 3080. The van der Waals surface area contributed by atoms with Crippen molar-refractivity contribution in [3.8, 4) is 44.5 Å². The maximum atomic E-state index is 4.63. The van der Waals surface area contributed by atoms with E-state index in [1.54, 1.807) is 0 Å². The summed E-state index contributed by atoms with van der Waals surface area (Å²) in [5, 5.41) is 2.55. The highest BCUT2D eigenvalue weighted by Gasteiger charge is 2.53. The van der Waals surface area contributed by atoms with Crippen molar-refractivity contribution in [3.63, 3.8) is 0 Å². The lowest BCUT2D eigenvalue weighted by atomic mass is 9.70. The molecule has 2 heteroatoms. The molecular formula is C58H40N2. The number of nitrogens with zero attached hydrogens (tertiary/aromatic N) is 2. The minimum Gasteiger partial charge on any atom is -0.310 e. The van der Waals surface area contributed by atoms with Crippen LogP contribution in [0.25, 0.3) is 55.3 Å². The molecule has 9 aromatic carbocycles. The van der Waals surface area contributed by atoms with E-state index < -0.39 is 5.41 Å². The first kappa shape index (κ1) is 34.5. The molecule has 0 saturated heterocycles. The Morgan fingerprint density at radius 1 is 0.433 bits per heavy atom. The van der Waals surface area contributed by atoms with Crippen LogP contribution in [-0.4, -0.2) is 6.21 Å². The molecular weight excluding hydrogens is 725 g/mol. The molecule has 1 heterocycles. The van der Waals surface area contributed by atoms with Crippen LogP contribution in [0, 0.1) is 0 Å². The third-order valence-corrected chi connectivity index (χ3v) is 13.1. The number of rotatable bonds is 6. The molecule has 12 rings (SSSR count). The molecule has 282 valence electrons. The Balaban J connectivity index is 1.11. The first-order valence-corrected chi connectivity index (χ1v) is 21.0. The van der Waals surface area contributed by atoms with Gasteiger partial charge in [-0.1, -0.05) is 176 Å². The minimum absolute atomic E-state index is 0.213. The third kappa shape index (κ3) is 5.17. The van der Waals surface area contributed by atoms with Crippen LogP contribution >= 0.6 is 0 Å². The van der Waals surface area contributed by atoms with E-state index in [2.05, 4.69) is 228 Å². The molecule has 3 aliphatic rings. The van der Waals surface area contributed by atoms with E-state index in [-0.39, 0.29) is 5.92 Å². The Kier molecular flexibility index (Phi) is 7.93. The van der Waals surface area contributed by atoms with Crippen molar-refractivity contribution < 1.29 is 0 Å². The summed E-state index contributed by atoms with van der Waals surface area (Å²) in [7, 11) is 0. The Morgan fingerprint density at radius 2 is 1.02 bits per heavy atom. The molecule has 2 atom stereocenters. The fourth-order valence-corrected chi connectivity index (χ4v) is 10.5. The lowest BCUT2D eigenvalue weighted by Gasteiger charge is -2.32. The summed E-state index contributed by atoms with van der Waals surface area (Å²) in [6.45, 7) is 0. The zero-order valence-corrected chi connectivity index (χ0v) is 33.0. The van der Waals surface area contributed by atoms with Crippen molar-refractivity contribution in [1.82, 2.24) is 0 Å². The van der Waals surface area contributed by atoms with Crippen molar-refractivity contribution in [1.29, 1.82) is 0 Å². The molecule has 0 N–H and O–H groups in total. The van der Waals surface area contributed by atoms with Gasteiger partial charge in [0.2, 0.25) is 0 Å². The fourth-order valence-electron chi connectivity index (χ4n) is 10.5. The average molecular weight is 765 g/mol. The second-order valence-electron chi connectivity index (χ2n) is 16.2. The number of anilines is 3. The van der Waals surface area contributed by atoms with Crippen LogP contribution in [0.1, 0.15) is 40.2 Å². The standard InChI is InChI=1S/C58H40N2/c1-3-13-39(14-4-1)41-24-29-45(30-25-41)60(46-31-26-42(27-32-46)40-15-5-2-6-16-40)47-33-34-51-55(37-47)58(54-35-28-43-17-7-8-19-48(43)56(51)54)52-22-10-9-20-50(52)57-49(21-11-23-53(57)58)44-18-12-36-59-38-44/h1-17,19-38,44H,18H2. The smallest absolute Gasteiger partial charge is 0.0726 e. The molecule has 2 aliphatic carbocycles. The summed E-state index contributed by atoms with van der Waals surface area (Å²) in [5.41, 5.74) is 19.6. The maximum absolute atomic E-state index is 4.63. The zero-order valence-electron chi connectivity index (χ0n) is 33.0. The molecule has 0 radical (unpaired) electrons. The molecule has 0 saturated carbocycles. The normalized spacial score (nSPS) is 16.7. The Morgan fingerprint density at radius 3 is 1.72 bits per heavy atom. The number of allylic oxidation sites excluding steroid dienone is 1. The van der Waals surface area contributed by atoms with Crippen LogP contribution in [0.3, 0.4) is 0 Å². The molecule has 60 heavy (non-hydrogen) atoms. The van der Waals surface area contributed by atoms with Crippen molar-refractivity contribution in [2.24, 2.45) is 4.99 Å². The van der Waals surface area contributed by atoms with E-state index in [4.69, 9.17) is 0 Å². The molecule has 1 spiro atoms. The van der Waals surface area contributed by atoms with Gasteiger partial charge >= 0.3 is 0 Å². The van der Waals surface area contributed by atoms with Crippen LogP contribution in [0.5, 0.6) is 0 Å². The van der Waals surface area contributed by atoms with Crippen molar-refractivity contribution in [2.75, 3.05) is 4.90 Å².